The minimum atomic E-state index is 0.499. The first-order valence-corrected chi connectivity index (χ1v) is 7.11. The van der Waals surface area contributed by atoms with Gasteiger partial charge < -0.3 is 14.8 Å². The maximum Gasteiger partial charge on any atom is 0.161 e. The minimum Gasteiger partial charge on any atom is -0.493 e. The molecule has 2 rings (SSSR count). The van der Waals surface area contributed by atoms with E-state index < -0.39 is 0 Å². The monoisotopic (exact) mass is 297 g/mol. The fourth-order valence-electron chi connectivity index (χ4n) is 1.72. The Morgan fingerprint density at radius 2 is 2.05 bits per heavy atom. The highest BCUT2D eigenvalue weighted by atomic mass is 35.5. The first-order valence-electron chi connectivity index (χ1n) is 5.91. The second-order valence-corrected chi connectivity index (χ2v) is 5.81. The van der Waals surface area contributed by atoms with E-state index in [2.05, 4.69) is 5.32 Å². The summed E-state index contributed by atoms with van der Waals surface area (Å²) in [5.74, 6) is 1.49. The topological polar surface area (TPSA) is 30.5 Å². The van der Waals surface area contributed by atoms with Crippen molar-refractivity contribution in [3.8, 4) is 11.5 Å². The molecular formula is C14H16ClNO2S. The Balaban J connectivity index is 2.06. The lowest BCUT2D eigenvalue weighted by molar-refractivity contribution is 0.287. The molecule has 1 N–H and O–H groups in total. The van der Waals surface area contributed by atoms with Gasteiger partial charge in [-0.05, 0) is 36.9 Å². The maximum atomic E-state index is 5.89. The highest BCUT2D eigenvalue weighted by Crippen LogP contribution is 2.30. The van der Waals surface area contributed by atoms with Crippen molar-refractivity contribution in [3.63, 3.8) is 0 Å². The van der Waals surface area contributed by atoms with Crippen molar-refractivity contribution >= 4 is 22.9 Å². The number of nitrogens with one attached hydrogen (secondary N) is 1. The van der Waals surface area contributed by atoms with Crippen molar-refractivity contribution in [3.05, 3.63) is 45.1 Å². The zero-order chi connectivity index (χ0) is 13.7. The van der Waals surface area contributed by atoms with E-state index in [0.717, 1.165) is 32.8 Å². The average Bonchev–Trinajstić information content (AvgIpc) is 2.83. The van der Waals surface area contributed by atoms with Crippen LogP contribution in [0.2, 0.25) is 4.34 Å². The van der Waals surface area contributed by atoms with E-state index >= 15 is 0 Å². The van der Waals surface area contributed by atoms with Crippen LogP contribution >= 0.6 is 22.9 Å². The smallest absolute Gasteiger partial charge is 0.161 e. The van der Waals surface area contributed by atoms with Crippen LogP contribution < -0.4 is 14.8 Å². The molecule has 0 unspecified atom stereocenters. The van der Waals surface area contributed by atoms with Crippen molar-refractivity contribution in [1.29, 1.82) is 0 Å². The van der Waals surface area contributed by atoms with Crippen LogP contribution in [-0.2, 0) is 13.2 Å². The van der Waals surface area contributed by atoms with Gasteiger partial charge in [-0.15, -0.1) is 11.3 Å². The van der Waals surface area contributed by atoms with E-state index in [0.29, 0.717) is 6.61 Å². The summed E-state index contributed by atoms with van der Waals surface area (Å²) < 4.78 is 11.9. The average molecular weight is 298 g/mol. The summed E-state index contributed by atoms with van der Waals surface area (Å²) in [5, 5.41) is 3.11. The molecule has 0 saturated carbocycles. The van der Waals surface area contributed by atoms with Gasteiger partial charge in [0.05, 0.1) is 11.4 Å². The SMILES string of the molecule is CNCc1ccc(OCc2ccc(Cl)s2)c(OC)c1. The fourth-order valence-corrected chi connectivity index (χ4v) is 2.72. The Labute approximate surface area is 122 Å². The number of hydrogen-bond donors (Lipinski definition) is 1. The van der Waals surface area contributed by atoms with Gasteiger partial charge in [-0.2, -0.15) is 0 Å². The molecule has 0 fully saturated rings. The number of methoxy groups -OCH3 is 1. The third-order valence-electron chi connectivity index (χ3n) is 2.61. The van der Waals surface area contributed by atoms with E-state index in [1.807, 2.05) is 37.4 Å². The van der Waals surface area contributed by atoms with Gasteiger partial charge in [-0.25, -0.2) is 0 Å². The summed E-state index contributed by atoms with van der Waals surface area (Å²) in [7, 11) is 3.56. The molecule has 0 radical (unpaired) electrons. The molecule has 0 aliphatic rings. The Hall–Kier alpha value is -1.23. The summed E-state index contributed by atoms with van der Waals surface area (Å²) in [6.07, 6.45) is 0. The van der Waals surface area contributed by atoms with Gasteiger partial charge >= 0.3 is 0 Å². The number of benzene rings is 1. The van der Waals surface area contributed by atoms with Gasteiger partial charge in [0.15, 0.2) is 11.5 Å². The Morgan fingerprint density at radius 1 is 1.21 bits per heavy atom. The lowest BCUT2D eigenvalue weighted by Crippen LogP contribution is -2.05. The summed E-state index contributed by atoms with van der Waals surface area (Å²) in [4.78, 5) is 1.09. The van der Waals surface area contributed by atoms with Crippen LogP contribution in [0.4, 0.5) is 0 Å². The number of ether oxygens (including phenoxy) is 2. The van der Waals surface area contributed by atoms with E-state index in [1.54, 1.807) is 7.11 Å². The van der Waals surface area contributed by atoms with Crippen LogP contribution in [0.1, 0.15) is 10.4 Å². The second-order valence-electron chi connectivity index (χ2n) is 4.01. The standard InChI is InChI=1S/C14H16ClNO2S/c1-16-8-10-3-5-12(13(7-10)17-2)18-9-11-4-6-14(15)19-11/h3-7,16H,8-9H2,1-2H3. The Morgan fingerprint density at radius 3 is 2.68 bits per heavy atom. The first-order chi connectivity index (χ1) is 9.22. The lowest BCUT2D eigenvalue weighted by atomic mass is 10.2. The summed E-state index contributed by atoms with van der Waals surface area (Å²) in [6, 6.07) is 9.77. The van der Waals surface area contributed by atoms with Gasteiger partial charge in [-0.1, -0.05) is 17.7 Å². The molecule has 0 amide bonds. The molecule has 102 valence electrons. The zero-order valence-electron chi connectivity index (χ0n) is 10.9. The van der Waals surface area contributed by atoms with E-state index in [9.17, 15) is 0 Å². The number of hydrogen-bond acceptors (Lipinski definition) is 4. The molecule has 3 nitrogen and oxygen atoms in total. The van der Waals surface area contributed by atoms with Crippen LogP contribution in [0.5, 0.6) is 11.5 Å². The first kappa shape index (κ1) is 14.2. The highest BCUT2D eigenvalue weighted by molar-refractivity contribution is 7.16. The van der Waals surface area contributed by atoms with Gasteiger partial charge in [-0.3, -0.25) is 0 Å². The highest BCUT2D eigenvalue weighted by Gasteiger charge is 2.07. The molecule has 0 bridgehead atoms. The van der Waals surface area contributed by atoms with E-state index in [1.165, 1.54) is 11.3 Å². The normalized spacial score (nSPS) is 10.5. The van der Waals surface area contributed by atoms with Crippen LogP contribution in [0.25, 0.3) is 0 Å². The quantitative estimate of drug-likeness (QED) is 0.882. The molecule has 0 saturated heterocycles. The van der Waals surface area contributed by atoms with Crippen molar-refractivity contribution in [2.45, 2.75) is 13.2 Å². The van der Waals surface area contributed by atoms with Gasteiger partial charge in [0.1, 0.15) is 6.61 Å². The third-order valence-corrected chi connectivity index (χ3v) is 3.81. The molecular weight excluding hydrogens is 282 g/mol. The Bertz CT molecular complexity index is 542. The van der Waals surface area contributed by atoms with Crippen LogP contribution in [-0.4, -0.2) is 14.2 Å². The zero-order valence-corrected chi connectivity index (χ0v) is 12.5. The maximum absolute atomic E-state index is 5.89. The summed E-state index contributed by atoms with van der Waals surface area (Å²) >= 11 is 7.41. The number of rotatable bonds is 6. The van der Waals surface area contributed by atoms with Crippen molar-refractivity contribution in [2.75, 3.05) is 14.2 Å². The minimum absolute atomic E-state index is 0.499. The molecule has 2 aromatic rings. The van der Waals surface area contributed by atoms with Gasteiger partial charge in [0.2, 0.25) is 0 Å². The van der Waals surface area contributed by atoms with Crippen LogP contribution in [0.15, 0.2) is 30.3 Å². The molecule has 0 spiro atoms. The molecule has 1 aromatic heterocycles. The number of halogens is 1. The third kappa shape index (κ3) is 3.86. The van der Waals surface area contributed by atoms with Crippen LogP contribution in [0.3, 0.4) is 0 Å². The molecule has 0 atom stereocenters. The van der Waals surface area contributed by atoms with Crippen molar-refractivity contribution in [1.82, 2.24) is 5.32 Å². The molecule has 0 aliphatic carbocycles. The van der Waals surface area contributed by atoms with E-state index in [4.69, 9.17) is 21.1 Å². The number of thiophene rings is 1. The predicted octanol–water partition coefficient (Wildman–Crippen LogP) is 3.71. The Kier molecular flexibility index (Phi) is 5.07. The largest absolute Gasteiger partial charge is 0.493 e. The molecule has 1 aromatic carbocycles. The van der Waals surface area contributed by atoms with Crippen molar-refractivity contribution in [2.24, 2.45) is 0 Å². The fraction of sp³-hybridized carbons (Fsp3) is 0.286. The summed E-state index contributed by atoms with van der Waals surface area (Å²) in [5.41, 5.74) is 1.16. The second kappa shape index (κ2) is 6.80. The van der Waals surface area contributed by atoms with Crippen LogP contribution in [0, 0.1) is 0 Å². The molecule has 1 heterocycles. The van der Waals surface area contributed by atoms with E-state index in [-0.39, 0.29) is 0 Å². The van der Waals surface area contributed by atoms with Gasteiger partial charge in [0.25, 0.3) is 0 Å². The summed E-state index contributed by atoms with van der Waals surface area (Å²) in [6.45, 7) is 1.30. The van der Waals surface area contributed by atoms with Crippen molar-refractivity contribution < 1.29 is 9.47 Å². The predicted molar refractivity (Wildman–Crippen MR) is 79.4 cm³/mol. The molecule has 0 aliphatic heterocycles. The molecule has 5 heteroatoms. The lowest BCUT2D eigenvalue weighted by Gasteiger charge is -2.11. The van der Waals surface area contributed by atoms with Gasteiger partial charge in [0, 0.05) is 11.4 Å². The molecule has 19 heavy (non-hydrogen) atoms.